The number of morpholine rings is 1. The van der Waals surface area contributed by atoms with E-state index in [1.807, 2.05) is 0 Å². The van der Waals surface area contributed by atoms with Crippen LogP contribution in [0, 0.1) is 11.6 Å². The quantitative estimate of drug-likeness (QED) is 0.426. The van der Waals surface area contributed by atoms with Crippen molar-refractivity contribution in [3.8, 4) is 0 Å². The number of aromatic nitrogens is 2. The zero-order chi connectivity index (χ0) is 25.1. The number of rotatable bonds is 7. The van der Waals surface area contributed by atoms with Crippen molar-refractivity contribution in [3.63, 3.8) is 0 Å². The fraction of sp³-hybridized carbons (Fsp3) is 0.385. The predicted molar refractivity (Wildman–Crippen MR) is 139 cm³/mol. The number of benzene rings is 2. The van der Waals surface area contributed by atoms with Crippen LogP contribution < -0.4 is 15.1 Å². The van der Waals surface area contributed by atoms with Gasteiger partial charge in [-0.3, -0.25) is 4.90 Å². The van der Waals surface area contributed by atoms with Crippen LogP contribution in [0.2, 0.25) is 5.02 Å². The average Bonchev–Trinajstić information content (AvgIpc) is 3.40. The van der Waals surface area contributed by atoms with E-state index in [0.29, 0.717) is 25.0 Å². The van der Waals surface area contributed by atoms with Gasteiger partial charge in [-0.1, -0.05) is 11.6 Å². The molecule has 36 heavy (non-hydrogen) atoms. The van der Waals surface area contributed by atoms with Gasteiger partial charge in [0, 0.05) is 44.3 Å². The van der Waals surface area contributed by atoms with Crippen LogP contribution in [0.3, 0.4) is 0 Å². The van der Waals surface area contributed by atoms with Crippen molar-refractivity contribution in [1.29, 1.82) is 0 Å². The van der Waals surface area contributed by atoms with Crippen LogP contribution in [-0.2, 0) is 11.3 Å². The molecule has 2 fully saturated rings. The maximum atomic E-state index is 14.6. The normalized spacial score (nSPS) is 16.4. The zero-order valence-corrected chi connectivity index (χ0v) is 20.9. The molecule has 3 heterocycles. The number of hydrogen-bond acceptors (Lipinski definition) is 7. The van der Waals surface area contributed by atoms with Gasteiger partial charge in [-0.05, 0) is 67.9 Å². The van der Waals surface area contributed by atoms with Crippen molar-refractivity contribution in [2.75, 3.05) is 61.6 Å². The van der Waals surface area contributed by atoms with Crippen molar-refractivity contribution in [2.24, 2.45) is 0 Å². The summed E-state index contributed by atoms with van der Waals surface area (Å²) in [4.78, 5) is 15.2. The van der Waals surface area contributed by atoms with Crippen LogP contribution in [0.15, 0.2) is 42.6 Å². The third-order valence-corrected chi connectivity index (χ3v) is 6.92. The van der Waals surface area contributed by atoms with Gasteiger partial charge in [-0.2, -0.15) is 4.98 Å². The van der Waals surface area contributed by atoms with Crippen LogP contribution in [0.5, 0.6) is 0 Å². The molecule has 5 rings (SSSR count). The highest BCUT2D eigenvalue weighted by Gasteiger charge is 2.19. The Morgan fingerprint density at radius 2 is 1.83 bits per heavy atom. The lowest BCUT2D eigenvalue weighted by atomic mass is 10.1. The highest BCUT2D eigenvalue weighted by Crippen LogP contribution is 2.32. The van der Waals surface area contributed by atoms with E-state index in [1.54, 1.807) is 19.3 Å². The molecule has 0 bridgehead atoms. The van der Waals surface area contributed by atoms with Crippen LogP contribution in [0.25, 0.3) is 0 Å². The van der Waals surface area contributed by atoms with Crippen molar-refractivity contribution in [3.05, 3.63) is 64.8 Å². The zero-order valence-electron chi connectivity index (χ0n) is 20.2. The fourth-order valence-electron chi connectivity index (χ4n) is 4.66. The summed E-state index contributed by atoms with van der Waals surface area (Å²) in [6.45, 7) is 6.23. The van der Waals surface area contributed by atoms with Crippen LogP contribution in [0.1, 0.15) is 18.4 Å². The Morgan fingerprint density at radius 3 is 2.61 bits per heavy atom. The molecule has 0 spiro atoms. The molecular weight excluding hydrogens is 486 g/mol. The molecular formula is C26H29ClF2N6O. The Kier molecular flexibility index (Phi) is 7.50. The second-order valence-electron chi connectivity index (χ2n) is 9.09. The second-order valence-corrected chi connectivity index (χ2v) is 9.47. The molecule has 0 saturated carbocycles. The molecule has 0 amide bonds. The van der Waals surface area contributed by atoms with Crippen LogP contribution in [0.4, 0.5) is 37.6 Å². The van der Waals surface area contributed by atoms with Gasteiger partial charge in [-0.25, -0.2) is 13.8 Å². The molecule has 0 aliphatic carbocycles. The summed E-state index contributed by atoms with van der Waals surface area (Å²) >= 11 is 5.77. The molecule has 0 radical (unpaired) electrons. The minimum absolute atomic E-state index is 0.119. The highest BCUT2D eigenvalue weighted by molar-refractivity contribution is 6.31. The first-order chi connectivity index (χ1) is 17.5. The molecule has 1 aromatic heterocycles. The lowest BCUT2D eigenvalue weighted by molar-refractivity contribution is 0.122. The Hall–Kier alpha value is -3.01. The van der Waals surface area contributed by atoms with E-state index in [1.165, 1.54) is 29.4 Å². The molecule has 3 aromatic rings. The topological polar surface area (TPSA) is 56.8 Å². The number of halogens is 3. The summed E-state index contributed by atoms with van der Waals surface area (Å²) in [7, 11) is 1.64. The van der Waals surface area contributed by atoms with Crippen molar-refractivity contribution >= 4 is 40.4 Å². The van der Waals surface area contributed by atoms with Crippen molar-refractivity contribution in [2.45, 2.75) is 19.4 Å². The lowest BCUT2D eigenvalue weighted by Gasteiger charge is -2.30. The monoisotopic (exact) mass is 514 g/mol. The predicted octanol–water partition coefficient (Wildman–Crippen LogP) is 5.35. The highest BCUT2D eigenvalue weighted by atomic mass is 35.5. The molecule has 0 unspecified atom stereocenters. The minimum Gasteiger partial charge on any atom is -0.378 e. The smallest absolute Gasteiger partial charge is 0.229 e. The molecule has 7 nitrogen and oxygen atoms in total. The Bertz CT molecular complexity index is 1220. The Labute approximate surface area is 214 Å². The summed E-state index contributed by atoms with van der Waals surface area (Å²) in [5.74, 6) is -0.826. The average molecular weight is 515 g/mol. The number of likely N-dealkylation sites (tertiary alicyclic amines) is 1. The first-order valence-electron chi connectivity index (χ1n) is 12.1. The first kappa shape index (κ1) is 24.7. The van der Waals surface area contributed by atoms with Gasteiger partial charge in [0.25, 0.3) is 0 Å². The van der Waals surface area contributed by atoms with Crippen molar-refractivity contribution in [1.82, 2.24) is 14.9 Å². The summed E-state index contributed by atoms with van der Waals surface area (Å²) < 4.78 is 33.7. The van der Waals surface area contributed by atoms with Gasteiger partial charge in [0.2, 0.25) is 5.95 Å². The van der Waals surface area contributed by atoms with Gasteiger partial charge in [0.15, 0.2) is 5.82 Å². The van der Waals surface area contributed by atoms with Crippen molar-refractivity contribution < 1.29 is 13.5 Å². The summed E-state index contributed by atoms with van der Waals surface area (Å²) in [6, 6.07) is 10.6. The van der Waals surface area contributed by atoms with E-state index in [-0.39, 0.29) is 5.69 Å². The summed E-state index contributed by atoms with van der Waals surface area (Å²) in [5, 5.41) is 2.78. The molecule has 10 heteroatoms. The minimum atomic E-state index is -0.836. The van der Waals surface area contributed by atoms with Gasteiger partial charge in [0.1, 0.15) is 16.7 Å². The number of hydrogen-bond donors (Lipinski definition) is 1. The SMILES string of the molecule is CN(c1ccnc(Nc2cc(CN3CCCC3)cc(N3CCOCC3)c2)n1)c1ccc(F)c(Cl)c1F. The molecule has 2 aromatic carbocycles. The maximum Gasteiger partial charge on any atom is 0.229 e. The number of nitrogens with one attached hydrogen (secondary N) is 1. The van der Waals surface area contributed by atoms with Gasteiger partial charge >= 0.3 is 0 Å². The maximum absolute atomic E-state index is 14.6. The first-order valence-corrected chi connectivity index (χ1v) is 12.5. The fourth-order valence-corrected chi connectivity index (χ4v) is 4.82. The molecule has 2 aliphatic rings. The molecule has 190 valence electrons. The number of ether oxygens (including phenoxy) is 1. The summed E-state index contributed by atoms with van der Waals surface area (Å²) in [5.41, 5.74) is 3.35. The second kappa shape index (κ2) is 10.9. The largest absolute Gasteiger partial charge is 0.378 e. The van der Waals surface area contributed by atoms with E-state index >= 15 is 0 Å². The van der Waals surface area contributed by atoms with E-state index in [2.05, 4.69) is 43.3 Å². The van der Waals surface area contributed by atoms with Gasteiger partial charge in [-0.15, -0.1) is 0 Å². The van der Waals surface area contributed by atoms with Gasteiger partial charge in [0.05, 0.1) is 18.9 Å². The van der Waals surface area contributed by atoms with E-state index in [0.717, 1.165) is 50.2 Å². The molecule has 2 aliphatic heterocycles. The lowest BCUT2D eigenvalue weighted by Crippen LogP contribution is -2.36. The van der Waals surface area contributed by atoms with E-state index in [9.17, 15) is 8.78 Å². The van der Waals surface area contributed by atoms with E-state index in [4.69, 9.17) is 16.3 Å². The molecule has 1 N–H and O–H groups in total. The third-order valence-electron chi connectivity index (χ3n) is 6.58. The molecule has 0 atom stereocenters. The number of anilines is 5. The Balaban J connectivity index is 1.41. The Morgan fingerprint density at radius 1 is 1.06 bits per heavy atom. The summed E-state index contributed by atoms with van der Waals surface area (Å²) in [6.07, 6.45) is 4.08. The van der Waals surface area contributed by atoms with Gasteiger partial charge < -0.3 is 19.9 Å². The standard InChI is InChI=1S/C26H29ClF2N6O/c1-33(22-5-4-21(28)24(27)25(22)29)23-6-7-30-26(32-23)31-19-14-18(17-34-8-2-3-9-34)15-20(16-19)35-10-12-36-13-11-35/h4-7,14-16H,2-3,8-13,17H2,1H3,(H,30,31,32). The number of nitrogens with zero attached hydrogens (tertiary/aromatic N) is 5. The molecule has 2 saturated heterocycles. The third kappa shape index (κ3) is 5.53. The van der Waals surface area contributed by atoms with Crippen LogP contribution in [-0.4, -0.2) is 61.3 Å². The van der Waals surface area contributed by atoms with E-state index < -0.39 is 16.7 Å². The van der Waals surface area contributed by atoms with Crippen LogP contribution >= 0.6 is 11.6 Å².